The average Bonchev–Trinajstić information content (AvgIpc) is 3.08. The Balaban J connectivity index is 1.73. The molecule has 0 amide bonds. The number of nitrogens with zero attached hydrogens (tertiary/aromatic N) is 5. The summed E-state index contributed by atoms with van der Waals surface area (Å²) in [7, 11) is 1.97. The molecular weight excluding hydrogens is 392 g/mol. The van der Waals surface area contributed by atoms with Crippen LogP contribution in [0.5, 0.6) is 0 Å². The maximum atomic E-state index is 6.14. The molecule has 1 saturated heterocycles. The fourth-order valence-electron chi connectivity index (χ4n) is 3.74. The highest BCUT2D eigenvalue weighted by Gasteiger charge is 2.25. The molecule has 1 unspecified atom stereocenters. The van der Waals surface area contributed by atoms with E-state index in [0.717, 1.165) is 56.9 Å². The van der Waals surface area contributed by atoms with Gasteiger partial charge in [-0.1, -0.05) is 23.8 Å². The molecule has 0 bridgehead atoms. The minimum atomic E-state index is 0.0295. The van der Waals surface area contributed by atoms with Gasteiger partial charge in [0.1, 0.15) is 18.5 Å². The van der Waals surface area contributed by atoms with Gasteiger partial charge in [-0.05, 0) is 45.2 Å². The molecule has 3 rings (SSSR count). The predicted octanol–water partition coefficient (Wildman–Crippen LogP) is 2.69. The normalized spacial score (nSPS) is 17.3. The van der Waals surface area contributed by atoms with Crippen molar-refractivity contribution in [2.75, 3.05) is 39.5 Å². The summed E-state index contributed by atoms with van der Waals surface area (Å²) in [6, 6.07) is 6.56. The van der Waals surface area contributed by atoms with Gasteiger partial charge in [0, 0.05) is 33.4 Å². The van der Waals surface area contributed by atoms with Crippen molar-refractivity contribution >= 4 is 5.96 Å². The summed E-state index contributed by atoms with van der Waals surface area (Å²) in [5, 5.41) is 11.9. The second-order valence-electron chi connectivity index (χ2n) is 8.01. The number of rotatable bonds is 8. The van der Waals surface area contributed by atoms with Crippen molar-refractivity contribution in [3.05, 3.63) is 46.5 Å². The van der Waals surface area contributed by atoms with E-state index in [9.17, 15) is 0 Å². The quantitative estimate of drug-likeness (QED) is 0.396. The number of aliphatic imine (C=N–C) groups is 1. The van der Waals surface area contributed by atoms with Crippen LogP contribution in [0.3, 0.4) is 0 Å². The van der Waals surface area contributed by atoms with Crippen LogP contribution in [0.4, 0.5) is 0 Å². The van der Waals surface area contributed by atoms with Crippen LogP contribution in [0, 0.1) is 20.8 Å². The van der Waals surface area contributed by atoms with Crippen molar-refractivity contribution in [3.63, 3.8) is 0 Å². The van der Waals surface area contributed by atoms with Gasteiger partial charge in [-0.15, -0.1) is 10.2 Å². The van der Waals surface area contributed by atoms with Gasteiger partial charge in [-0.2, -0.15) is 0 Å². The summed E-state index contributed by atoms with van der Waals surface area (Å²) in [5.74, 6) is 2.62. The first-order chi connectivity index (χ1) is 15.0. The highest BCUT2D eigenvalue weighted by molar-refractivity contribution is 5.80. The molecule has 1 fully saturated rings. The van der Waals surface area contributed by atoms with Crippen molar-refractivity contribution < 1.29 is 9.47 Å². The Kier molecular flexibility index (Phi) is 8.43. The van der Waals surface area contributed by atoms with Gasteiger partial charge in [0.2, 0.25) is 0 Å². The molecule has 2 aromatic rings. The fraction of sp³-hybridized carbons (Fsp3) is 0.609. The Morgan fingerprint density at radius 3 is 2.84 bits per heavy atom. The second kappa shape index (κ2) is 11.2. The molecule has 1 aromatic heterocycles. The van der Waals surface area contributed by atoms with Crippen LogP contribution >= 0.6 is 0 Å². The lowest BCUT2D eigenvalue weighted by atomic mass is 10.00. The van der Waals surface area contributed by atoms with Crippen molar-refractivity contribution in [1.29, 1.82) is 0 Å². The molecule has 0 spiro atoms. The zero-order valence-corrected chi connectivity index (χ0v) is 19.5. The zero-order valence-electron chi connectivity index (χ0n) is 19.5. The molecule has 1 aromatic carbocycles. The molecule has 8 heteroatoms. The third kappa shape index (κ3) is 6.27. The second-order valence-corrected chi connectivity index (χ2v) is 8.01. The molecule has 1 aliphatic heterocycles. The SMILES string of the molecule is CCOCCCNC(=NCc1nnc(C)n1C)N1CCOC(c2ccc(C)cc2C)C1. The van der Waals surface area contributed by atoms with E-state index in [0.29, 0.717) is 13.2 Å². The van der Waals surface area contributed by atoms with Crippen LogP contribution in [-0.4, -0.2) is 65.1 Å². The highest BCUT2D eigenvalue weighted by atomic mass is 16.5. The maximum Gasteiger partial charge on any atom is 0.194 e. The van der Waals surface area contributed by atoms with Crippen LogP contribution < -0.4 is 5.32 Å². The number of hydrogen-bond donors (Lipinski definition) is 1. The summed E-state index contributed by atoms with van der Waals surface area (Å²) in [6.07, 6.45) is 0.961. The molecule has 2 heterocycles. The van der Waals surface area contributed by atoms with E-state index >= 15 is 0 Å². The van der Waals surface area contributed by atoms with E-state index in [1.807, 2.05) is 25.5 Å². The largest absolute Gasteiger partial charge is 0.382 e. The minimum absolute atomic E-state index is 0.0295. The van der Waals surface area contributed by atoms with Gasteiger partial charge in [0.15, 0.2) is 11.8 Å². The van der Waals surface area contributed by atoms with Crippen LogP contribution in [0.25, 0.3) is 0 Å². The van der Waals surface area contributed by atoms with Gasteiger partial charge in [-0.25, -0.2) is 4.99 Å². The predicted molar refractivity (Wildman–Crippen MR) is 122 cm³/mol. The Hall–Kier alpha value is -2.45. The zero-order chi connectivity index (χ0) is 22.2. The van der Waals surface area contributed by atoms with Crippen LogP contribution in [0.15, 0.2) is 23.2 Å². The molecule has 0 saturated carbocycles. The molecular formula is C23H36N6O2. The summed E-state index contributed by atoms with van der Waals surface area (Å²) in [4.78, 5) is 7.18. The Morgan fingerprint density at radius 1 is 1.29 bits per heavy atom. The molecule has 1 N–H and O–H groups in total. The van der Waals surface area contributed by atoms with E-state index in [-0.39, 0.29) is 6.10 Å². The smallest absolute Gasteiger partial charge is 0.194 e. The Morgan fingerprint density at radius 2 is 2.13 bits per heavy atom. The number of morpholine rings is 1. The maximum absolute atomic E-state index is 6.14. The molecule has 0 radical (unpaired) electrons. The number of aromatic nitrogens is 3. The molecule has 1 atom stereocenters. The van der Waals surface area contributed by atoms with Gasteiger partial charge in [-0.3, -0.25) is 0 Å². The van der Waals surface area contributed by atoms with Crippen LogP contribution in [-0.2, 0) is 23.1 Å². The Bertz CT molecular complexity index is 879. The fourth-order valence-corrected chi connectivity index (χ4v) is 3.74. The third-order valence-electron chi connectivity index (χ3n) is 5.64. The number of aryl methyl sites for hydroxylation is 3. The number of ether oxygens (including phenoxy) is 2. The number of nitrogens with one attached hydrogen (secondary N) is 1. The van der Waals surface area contributed by atoms with Crippen molar-refractivity contribution in [1.82, 2.24) is 25.0 Å². The van der Waals surface area contributed by atoms with Crippen molar-refractivity contribution in [3.8, 4) is 0 Å². The van der Waals surface area contributed by atoms with E-state index in [4.69, 9.17) is 14.5 Å². The van der Waals surface area contributed by atoms with Crippen LogP contribution in [0.2, 0.25) is 0 Å². The Labute approximate surface area is 185 Å². The summed E-state index contributed by atoms with van der Waals surface area (Å²) in [6.45, 7) is 13.3. The van der Waals surface area contributed by atoms with Gasteiger partial charge in [0.25, 0.3) is 0 Å². The van der Waals surface area contributed by atoms with E-state index in [1.54, 1.807) is 0 Å². The number of hydrogen-bond acceptors (Lipinski definition) is 5. The summed E-state index contributed by atoms with van der Waals surface area (Å²) in [5.41, 5.74) is 3.78. The van der Waals surface area contributed by atoms with Gasteiger partial charge < -0.3 is 24.3 Å². The molecule has 1 aliphatic rings. The number of guanidine groups is 1. The molecule has 8 nitrogen and oxygen atoms in total. The third-order valence-corrected chi connectivity index (χ3v) is 5.64. The standard InChI is InChI=1S/C23H36N6O2/c1-6-30-12-7-10-24-23(25-15-22-27-26-19(4)28(22)5)29-11-13-31-21(16-29)20-9-8-17(2)14-18(20)3/h8-9,14,21H,6-7,10-13,15-16H2,1-5H3,(H,24,25). The van der Waals surface area contributed by atoms with Crippen molar-refractivity contribution in [2.45, 2.75) is 46.8 Å². The minimum Gasteiger partial charge on any atom is -0.382 e. The van der Waals surface area contributed by atoms with E-state index in [1.165, 1.54) is 16.7 Å². The van der Waals surface area contributed by atoms with Crippen molar-refractivity contribution in [2.24, 2.45) is 12.0 Å². The summed E-state index contributed by atoms with van der Waals surface area (Å²) < 4.78 is 13.6. The number of benzene rings is 1. The lowest BCUT2D eigenvalue weighted by Crippen LogP contribution is -2.48. The molecule has 170 valence electrons. The lowest BCUT2D eigenvalue weighted by Gasteiger charge is -2.36. The lowest BCUT2D eigenvalue weighted by molar-refractivity contribution is -0.00841. The van der Waals surface area contributed by atoms with E-state index < -0.39 is 0 Å². The first-order valence-electron chi connectivity index (χ1n) is 11.1. The summed E-state index contributed by atoms with van der Waals surface area (Å²) >= 11 is 0. The van der Waals surface area contributed by atoms with E-state index in [2.05, 4.69) is 52.5 Å². The highest BCUT2D eigenvalue weighted by Crippen LogP contribution is 2.26. The molecule has 0 aliphatic carbocycles. The topological polar surface area (TPSA) is 76.8 Å². The first-order valence-corrected chi connectivity index (χ1v) is 11.1. The molecule has 31 heavy (non-hydrogen) atoms. The monoisotopic (exact) mass is 428 g/mol. The van der Waals surface area contributed by atoms with Gasteiger partial charge in [0.05, 0.1) is 13.2 Å². The average molecular weight is 429 g/mol. The van der Waals surface area contributed by atoms with Crippen LogP contribution in [0.1, 0.15) is 47.8 Å². The first kappa shape index (κ1) is 23.2. The van der Waals surface area contributed by atoms with Gasteiger partial charge >= 0.3 is 0 Å².